The van der Waals surface area contributed by atoms with Crippen molar-refractivity contribution in [3.63, 3.8) is 0 Å². The molecule has 0 spiro atoms. The Balaban J connectivity index is 1.64. The molecule has 3 heterocycles. The van der Waals surface area contributed by atoms with Gasteiger partial charge in [0.25, 0.3) is 0 Å². The first-order valence-corrected chi connectivity index (χ1v) is 9.30. The van der Waals surface area contributed by atoms with Crippen LogP contribution in [0.15, 0.2) is 16.6 Å². The third-order valence-electron chi connectivity index (χ3n) is 3.88. The summed E-state index contributed by atoms with van der Waals surface area (Å²) in [5.74, 6) is 2.17. The summed E-state index contributed by atoms with van der Waals surface area (Å²) in [6, 6.07) is 1.92. The number of thioether (sulfide) groups is 1. The molecular weight excluding hydrogens is 316 g/mol. The van der Waals surface area contributed by atoms with E-state index >= 15 is 0 Å². The molecule has 1 aliphatic heterocycles. The summed E-state index contributed by atoms with van der Waals surface area (Å²) in [5, 5.41) is 3.42. The predicted octanol–water partition coefficient (Wildman–Crippen LogP) is 2.87. The number of carbonyl (C=O) groups is 1. The van der Waals surface area contributed by atoms with Crippen LogP contribution in [-0.4, -0.2) is 39.6 Å². The second kappa shape index (κ2) is 6.42. The lowest BCUT2D eigenvalue weighted by molar-refractivity contribution is -0.130. The smallest absolute Gasteiger partial charge is 0.233 e. The molecule has 2 aromatic heterocycles. The van der Waals surface area contributed by atoms with Crippen LogP contribution in [-0.2, 0) is 4.79 Å². The first-order valence-electron chi connectivity index (χ1n) is 7.44. The van der Waals surface area contributed by atoms with Gasteiger partial charge < -0.3 is 10.6 Å². The highest BCUT2D eigenvalue weighted by molar-refractivity contribution is 7.99. The van der Waals surface area contributed by atoms with Gasteiger partial charge in [-0.1, -0.05) is 25.6 Å². The van der Waals surface area contributed by atoms with Gasteiger partial charge in [-0.15, -0.1) is 11.3 Å². The van der Waals surface area contributed by atoms with Gasteiger partial charge in [0.2, 0.25) is 5.91 Å². The van der Waals surface area contributed by atoms with Gasteiger partial charge in [-0.2, -0.15) is 0 Å². The van der Waals surface area contributed by atoms with Crippen LogP contribution in [0.4, 0.5) is 5.82 Å². The number of piperidine rings is 1. The van der Waals surface area contributed by atoms with E-state index in [2.05, 4.69) is 23.8 Å². The van der Waals surface area contributed by atoms with Gasteiger partial charge in [0.15, 0.2) is 5.16 Å². The molecule has 7 heteroatoms. The van der Waals surface area contributed by atoms with Crippen molar-refractivity contribution in [2.75, 3.05) is 24.6 Å². The van der Waals surface area contributed by atoms with Crippen molar-refractivity contribution in [1.82, 2.24) is 14.9 Å². The van der Waals surface area contributed by atoms with E-state index in [1.165, 1.54) is 29.5 Å². The highest BCUT2D eigenvalue weighted by Gasteiger charge is 2.25. The van der Waals surface area contributed by atoms with E-state index in [1.54, 1.807) is 0 Å². The Morgan fingerprint density at radius 3 is 2.86 bits per heavy atom. The molecule has 5 nitrogen and oxygen atoms in total. The third kappa shape index (κ3) is 3.35. The largest absolute Gasteiger partial charge is 0.383 e. The standard InChI is InChI=1S/C15H20N4OS2/c1-9-5-10(2)7-19(6-9)12(20)8-22-15-17-13(16)11-3-4-21-14(11)18-15/h3-4,9-10H,5-8H2,1-2H3,(H2,16,17,18). The number of nitrogen functional groups attached to an aromatic ring is 1. The molecule has 22 heavy (non-hydrogen) atoms. The molecule has 118 valence electrons. The maximum atomic E-state index is 12.4. The Labute approximate surface area is 138 Å². The van der Waals surface area contributed by atoms with Crippen LogP contribution in [0.5, 0.6) is 0 Å². The van der Waals surface area contributed by atoms with Crippen LogP contribution in [0.25, 0.3) is 10.2 Å². The van der Waals surface area contributed by atoms with Crippen LogP contribution in [0.1, 0.15) is 20.3 Å². The van der Waals surface area contributed by atoms with Crippen molar-refractivity contribution >= 4 is 45.0 Å². The zero-order chi connectivity index (χ0) is 15.7. The Morgan fingerprint density at radius 2 is 2.14 bits per heavy atom. The molecule has 1 fully saturated rings. The Morgan fingerprint density at radius 1 is 1.41 bits per heavy atom. The van der Waals surface area contributed by atoms with E-state index in [4.69, 9.17) is 5.73 Å². The van der Waals surface area contributed by atoms with Crippen LogP contribution in [0.3, 0.4) is 0 Å². The molecule has 0 aromatic carbocycles. The minimum absolute atomic E-state index is 0.164. The van der Waals surface area contributed by atoms with Crippen LogP contribution in [0, 0.1) is 11.8 Å². The van der Waals surface area contributed by atoms with Crippen molar-refractivity contribution in [2.24, 2.45) is 11.8 Å². The van der Waals surface area contributed by atoms with Gasteiger partial charge in [-0.3, -0.25) is 4.79 Å². The summed E-state index contributed by atoms with van der Waals surface area (Å²) in [6.07, 6.45) is 1.20. The summed E-state index contributed by atoms with van der Waals surface area (Å²) < 4.78 is 0. The SMILES string of the molecule is CC1CC(C)CN(C(=O)CSc2nc(N)c3ccsc3n2)C1. The maximum absolute atomic E-state index is 12.4. The average Bonchev–Trinajstić information content (AvgIpc) is 2.92. The van der Waals surface area contributed by atoms with Crippen molar-refractivity contribution in [1.29, 1.82) is 0 Å². The molecule has 1 amide bonds. The van der Waals surface area contributed by atoms with Gasteiger partial charge in [0, 0.05) is 13.1 Å². The summed E-state index contributed by atoms with van der Waals surface area (Å²) in [6.45, 7) is 6.13. The van der Waals surface area contributed by atoms with Crippen molar-refractivity contribution in [3.05, 3.63) is 11.4 Å². The number of nitrogens with zero attached hydrogens (tertiary/aromatic N) is 3. The highest BCUT2D eigenvalue weighted by Crippen LogP contribution is 2.27. The molecule has 2 unspecified atom stereocenters. The molecule has 1 saturated heterocycles. The molecule has 1 aliphatic rings. The van der Waals surface area contributed by atoms with E-state index in [0.717, 1.165) is 23.3 Å². The molecule has 0 radical (unpaired) electrons. The first-order chi connectivity index (χ1) is 10.5. The Bertz CT molecular complexity index is 677. The zero-order valence-electron chi connectivity index (χ0n) is 12.8. The van der Waals surface area contributed by atoms with E-state index in [0.29, 0.717) is 28.6 Å². The Hall–Kier alpha value is -1.34. The van der Waals surface area contributed by atoms with E-state index < -0.39 is 0 Å². The van der Waals surface area contributed by atoms with Crippen LogP contribution < -0.4 is 5.73 Å². The number of nitrogens with two attached hydrogens (primary N) is 1. The van der Waals surface area contributed by atoms with Gasteiger partial charge in [0.05, 0.1) is 11.1 Å². The molecule has 0 saturated carbocycles. The summed E-state index contributed by atoms with van der Waals surface area (Å²) in [4.78, 5) is 24.0. The molecule has 0 aliphatic carbocycles. The van der Waals surface area contributed by atoms with Gasteiger partial charge in [0.1, 0.15) is 10.6 Å². The van der Waals surface area contributed by atoms with Crippen LogP contribution >= 0.6 is 23.1 Å². The van der Waals surface area contributed by atoms with Crippen molar-refractivity contribution in [3.8, 4) is 0 Å². The number of fused-ring (bicyclic) bond motifs is 1. The highest BCUT2D eigenvalue weighted by atomic mass is 32.2. The fourth-order valence-corrected chi connectivity index (χ4v) is 4.59. The minimum Gasteiger partial charge on any atom is -0.383 e. The number of carbonyl (C=O) groups excluding carboxylic acids is 1. The summed E-state index contributed by atoms with van der Waals surface area (Å²) >= 11 is 2.91. The maximum Gasteiger partial charge on any atom is 0.233 e. The van der Waals surface area contributed by atoms with Gasteiger partial charge in [-0.05, 0) is 29.7 Å². The van der Waals surface area contributed by atoms with E-state index in [9.17, 15) is 4.79 Å². The van der Waals surface area contributed by atoms with Crippen LogP contribution in [0.2, 0.25) is 0 Å². The molecule has 3 rings (SSSR count). The lowest BCUT2D eigenvalue weighted by Crippen LogP contribution is -2.43. The quantitative estimate of drug-likeness (QED) is 0.689. The van der Waals surface area contributed by atoms with E-state index in [-0.39, 0.29) is 5.91 Å². The van der Waals surface area contributed by atoms with Gasteiger partial charge >= 0.3 is 0 Å². The van der Waals surface area contributed by atoms with Crippen molar-refractivity contribution < 1.29 is 4.79 Å². The second-order valence-electron chi connectivity index (χ2n) is 6.06. The number of rotatable bonds is 3. The lowest BCUT2D eigenvalue weighted by Gasteiger charge is -2.34. The fraction of sp³-hybridized carbons (Fsp3) is 0.533. The Kier molecular flexibility index (Phi) is 4.54. The monoisotopic (exact) mass is 336 g/mol. The number of hydrogen-bond donors (Lipinski definition) is 1. The molecule has 2 N–H and O–H groups in total. The number of anilines is 1. The van der Waals surface area contributed by atoms with Crippen molar-refractivity contribution in [2.45, 2.75) is 25.4 Å². The molecular formula is C15H20N4OS2. The average molecular weight is 336 g/mol. The third-order valence-corrected chi connectivity index (χ3v) is 5.52. The number of hydrogen-bond acceptors (Lipinski definition) is 6. The number of likely N-dealkylation sites (tertiary alicyclic amines) is 1. The van der Waals surface area contributed by atoms with Gasteiger partial charge in [-0.25, -0.2) is 9.97 Å². The normalized spacial score (nSPS) is 22.2. The number of amides is 1. The fourth-order valence-electron chi connectivity index (χ4n) is 3.01. The lowest BCUT2D eigenvalue weighted by atomic mass is 9.92. The molecule has 2 aromatic rings. The topological polar surface area (TPSA) is 72.1 Å². The molecule has 0 bridgehead atoms. The summed E-state index contributed by atoms with van der Waals surface area (Å²) in [5.41, 5.74) is 5.93. The predicted molar refractivity (Wildman–Crippen MR) is 92.1 cm³/mol. The number of thiophene rings is 1. The zero-order valence-corrected chi connectivity index (χ0v) is 14.4. The minimum atomic E-state index is 0.164. The summed E-state index contributed by atoms with van der Waals surface area (Å²) in [7, 11) is 0. The first kappa shape index (κ1) is 15.6. The second-order valence-corrected chi connectivity index (χ2v) is 7.90. The molecule has 2 atom stereocenters. The van der Waals surface area contributed by atoms with E-state index in [1.807, 2.05) is 16.3 Å². The number of aromatic nitrogens is 2.